The first-order chi connectivity index (χ1) is 13.6. The number of allylic oxidation sites excluding steroid dienone is 1. The highest BCUT2D eigenvalue weighted by Gasteiger charge is 2.39. The number of alkyl halides is 3. The number of hydrogen-bond acceptors (Lipinski definition) is 3. The highest BCUT2D eigenvalue weighted by atomic mass is 79.9. The van der Waals surface area contributed by atoms with E-state index in [4.69, 9.17) is 4.74 Å². The van der Waals surface area contributed by atoms with Gasteiger partial charge in [0.2, 0.25) is 0 Å². The van der Waals surface area contributed by atoms with Gasteiger partial charge in [0.15, 0.2) is 0 Å². The number of halogens is 4. The molecule has 0 saturated heterocycles. The standard InChI is InChI=1S/C21H15BrF3NO3/c1-12-18(20(28)29-2)16(10-13-6-3-4-9-17(13)22)19(27)26(12)15-8-5-7-14(11-15)21(23,24)25/h3-11H,1-2H3/b16-10-. The van der Waals surface area contributed by atoms with Crippen molar-refractivity contribution < 1.29 is 27.5 Å². The smallest absolute Gasteiger partial charge is 0.416 e. The predicted octanol–water partition coefficient (Wildman–Crippen LogP) is 5.35. The van der Waals surface area contributed by atoms with Crippen LogP contribution in [0.2, 0.25) is 0 Å². The van der Waals surface area contributed by atoms with E-state index in [2.05, 4.69) is 15.9 Å². The van der Waals surface area contributed by atoms with Crippen molar-refractivity contribution in [2.45, 2.75) is 13.1 Å². The second kappa shape index (κ2) is 7.87. The van der Waals surface area contributed by atoms with Crippen molar-refractivity contribution in [2.24, 2.45) is 0 Å². The first-order valence-electron chi connectivity index (χ1n) is 8.42. The third-order valence-corrected chi connectivity index (χ3v) is 5.15. The van der Waals surface area contributed by atoms with E-state index >= 15 is 0 Å². The number of carbonyl (C=O) groups is 2. The van der Waals surface area contributed by atoms with Gasteiger partial charge in [0, 0.05) is 15.9 Å². The fourth-order valence-corrected chi connectivity index (χ4v) is 3.46. The van der Waals surface area contributed by atoms with Gasteiger partial charge in [-0.25, -0.2) is 4.79 Å². The lowest BCUT2D eigenvalue weighted by Gasteiger charge is -2.19. The van der Waals surface area contributed by atoms with Crippen LogP contribution in [-0.4, -0.2) is 19.0 Å². The molecule has 0 spiro atoms. The summed E-state index contributed by atoms with van der Waals surface area (Å²) in [6.07, 6.45) is -3.05. The first kappa shape index (κ1) is 20.9. The summed E-state index contributed by atoms with van der Waals surface area (Å²) in [7, 11) is 1.18. The third-order valence-electron chi connectivity index (χ3n) is 4.43. The van der Waals surface area contributed by atoms with Gasteiger partial charge in [-0.3, -0.25) is 9.69 Å². The van der Waals surface area contributed by atoms with Crippen LogP contribution in [0.4, 0.5) is 18.9 Å². The van der Waals surface area contributed by atoms with Crippen molar-refractivity contribution in [1.82, 2.24) is 0 Å². The van der Waals surface area contributed by atoms with Gasteiger partial charge < -0.3 is 4.74 Å². The first-order valence-corrected chi connectivity index (χ1v) is 9.22. The summed E-state index contributed by atoms with van der Waals surface area (Å²) in [5.41, 5.74) is -0.00235. The summed E-state index contributed by atoms with van der Waals surface area (Å²) < 4.78 is 44.8. The van der Waals surface area contributed by atoms with Crippen molar-refractivity contribution >= 4 is 39.6 Å². The van der Waals surface area contributed by atoms with Crippen molar-refractivity contribution in [2.75, 3.05) is 12.0 Å². The molecule has 0 N–H and O–H groups in total. The molecule has 0 aromatic heterocycles. The van der Waals surface area contributed by atoms with Crippen LogP contribution in [0.5, 0.6) is 0 Å². The lowest BCUT2D eigenvalue weighted by molar-refractivity contribution is -0.137. The molecule has 0 aliphatic carbocycles. The zero-order valence-electron chi connectivity index (χ0n) is 15.4. The molecule has 8 heteroatoms. The molecule has 1 heterocycles. The number of benzene rings is 2. The van der Waals surface area contributed by atoms with E-state index < -0.39 is 23.6 Å². The Morgan fingerprint density at radius 1 is 1.14 bits per heavy atom. The Morgan fingerprint density at radius 3 is 2.45 bits per heavy atom. The predicted molar refractivity (Wildman–Crippen MR) is 106 cm³/mol. The molecule has 1 amide bonds. The molecule has 1 aliphatic heterocycles. The van der Waals surface area contributed by atoms with Crippen LogP contribution in [0.25, 0.3) is 6.08 Å². The molecular weight excluding hydrogens is 451 g/mol. The molecule has 1 aliphatic rings. The maximum Gasteiger partial charge on any atom is 0.416 e. The minimum atomic E-state index is -4.56. The van der Waals surface area contributed by atoms with Gasteiger partial charge >= 0.3 is 12.1 Å². The number of amides is 1. The van der Waals surface area contributed by atoms with Crippen molar-refractivity contribution in [3.8, 4) is 0 Å². The van der Waals surface area contributed by atoms with Crippen molar-refractivity contribution in [3.63, 3.8) is 0 Å². The van der Waals surface area contributed by atoms with E-state index in [0.29, 0.717) is 10.0 Å². The Labute approximate surface area is 173 Å². The topological polar surface area (TPSA) is 46.6 Å². The Balaban J connectivity index is 2.17. The number of anilines is 1. The van der Waals surface area contributed by atoms with Gasteiger partial charge in [-0.15, -0.1) is 0 Å². The minimum Gasteiger partial charge on any atom is -0.465 e. The highest BCUT2D eigenvalue weighted by Crippen LogP contribution is 2.38. The number of carbonyl (C=O) groups excluding carboxylic acids is 2. The molecule has 0 fully saturated rings. The second-order valence-corrected chi connectivity index (χ2v) is 7.07. The molecule has 0 bridgehead atoms. The normalized spacial score (nSPS) is 16.0. The van der Waals surface area contributed by atoms with E-state index in [-0.39, 0.29) is 22.5 Å². The Hall–Kier alpha value is -2.87. The van der Waals surface area contributed by atoms with Gasteiger partial charge in [0.1, 0.15) is 0 Å². The summed E-state index contributed by atoms with van der Waals surface area (Å²) in [4.78, 5) is 26.6. The zero-order chi connectivity index (χ0) is 21.3. The van der Waals surface area contributed by atoms with E-state index in [1.54, 1.807) is 24.3 Å². The van der Waals surface area contributed by atoms with Crippen LogP contribution in [0.1, 0.15) is 18.1 Å². The summed E-state index contributed by atoms with van der Waals surface area (Å²) in [6.45, 7) is 1.49. The van der Waals surface area contributed by atoms with Crippen LogP contribution in [-0.2, 0) is 20.5 Å². The molecule has 0 unspecified atom stereocenters. The summed E-state index contributed by atoms with van der Waals surface area (Å²) in [5, 5.41) is 0. The van der Waals surface area contributed by atoms with E-state index in [0.717, 1.165) is 17.0 Å². The molecule has 2 aromatic carbocycles. The van der Waals surface area contributed by atoms with E-state index in [1.165, 1.54) is 32.2 Å². The van der Waals surface area contributed by atoms with Crippen LogP contribution in [0.15, 0.2) is 69.8 Å². The highest BCUT2D eigenvalue weighted by molar-refractivity contribution is 9.10. The number of esters is 1. The minimum absolute atomic E-state index is 0.00525. The molecule has 29 heavy (non-hydrogen) atoms. The number of nitrogens with zero attached hydrogens (tertiary/aromatic N) is 1. The molecule has 150 valence electrons. The molecule has 4 nitrogen and oxygen atoms in total. The lowest BCUT2D eigenvalue weighted by Crippen LogP contribution is -2.25. The molecule has 2 aromatic rings. The number of ether oxygens (including phenoxy) is 1. The SMILES string of the molecule is COC(=O)C1=C(C)N(c2cccc(C(F)(F)F)c2)C(=O)/C1=C\c1ccccc1Br. The maximum atomic E-state index is 13.1. The summed E-state index contributed by atoms with van der Waals surface area (Å²) >= 11 is 3.38. The third kappa shape index (κ3) is 3.98. The number of rotatable bonds is 3. The number of methoxy groups -OCH3 is 1. The average molecular weight is 466 g/mol. The maximum absolute atomic E-state index is 13.1. The zero-order valence-corrected chi connectivity index (χ0v) is 17.0. The van der Waals surface area contributed by atoms with Gasteiger partial charge in [0.25, 0.3) is 5.91 Å². The van der Waals surface area contributed by atoms with Crippen LogP contribution >= 0.6 is 15.9 Å². The fourth-order valence-electron chi connectivity index (χ4n) is 3.06. The molecule has 0 atom stereocenters. The number of hydrogen-bond donors (Lipinski definition) is 0. The van der Waals surface area contributed by atoms with E-state index in [9.17, 15) is 22.8 Å². The quantitative estimate of drug-likeness (QED) is 0.453. The van der Waals surface area contributed by atoms with Crippen molar-refractivity contribution in [1.29, 1.82) is 0 Å². The Bertz CT molecular complexity index is 1060. The van der Waals surface area contributed by atoms with Crippen LogP contribution in [0.3, 0.4) is 0 Å². The largest absolute Gasteiger partial charge is 0.465 e. The average Bonchev–Trinajstić information content (AvgIpc) is 2.92. The van der Waals surface area contributed by atoms with Gasteiger partial charge in [-0.1, -0.05) is 40.2 Å². The second-order valence-electron chi connectivity index (χ2n) is 6.22. The fraction of sp³-hybridized carbons (Fsp3) is 0.143. The van der Waals surface area contributed by atoms with Gasteiger partial charge in [-0.2, -0.15) is 13.2 Å². The Morgan fingerprint density at radius 2 is 1.83 bits per heavy atom. The van der Waals surface area contributed by atoms with Crippen LogP contribution in [0, 0.1) is 0 Å². The van der Waals surface area contributed by atoms with Gasteiger partial charge in [0.05, 0.1) is 23.8 Å². The molecule has 0 saturated carbocycles. The molecule has 0 radical (unpaired) electrons. The monoisotopic (exact) mass is 465 g/mol. The lowest BCUT2D eigenvalue weighted by atomic mass is 10.0. The molecule has 3 rings (SSSR count). The van der Waals surface area contributed by atoms with Crippen LogP contribution < -0.4 is 4.90 Å². The summed E-state index contributed by atoms with van der Waals surface area (Å²) in [5.74, 6) is -1.36. The van der Waals surface area contributed by atoms with Crippen molar-refractivity contribution in [3.05, 3.63) is 81.0 Å². The molecular formula is C21H15BrF3NO3. The summed E-state index contributed by atoms with van der Waals surface area (Å²) in [6, 6.07) is 11.4. The Kier molecular flexibility index (Phi) is 5.66. The van der Waals surface area contributed by atoms with E-state index in [1.807, 2.05) is 0 Å². The van der Waals surface area contributed by atoms with Gasteiger partial charge in [-0.05, 0) is 42.8 Å².